The highest BCUT2D eigenvalue weighted by molar-refractivity contribution is 14.1. The molecule has 4 nitrogen and oxygen atoms in total. The Bertz CT molecular complexity index is 192. The third kappa shape index (κ3) is 12.0. The van der Waals surface area contributed by atoms with Crippen LogP contribution < -0.4 is 5.32 Å². The van der Waals surface area contributed by atoms with Crippen molar-refractivity contribution in [2.24, 2.45) is 0 Å². The fourth-order valence-electron chi connectivity index (χ4n) is 0.938. The van der Waals surface area contributed by atoms with Crippen LogP contribution in [0.4, 0.5) is 4.79 Å². The van der Waals surface area contributed by atoms with Gasteiger partial charge in [-0.05, 0) is 33.6 Å². The summed E-state index contributed by atoms with van der Waals surface area (Å²) in [5, 5.41) is 2.69. The van der Waals surface area contributed by atoms with Gasteiger partial charge in [0, 0.05) is 24.2 Å². The summed E-state index contributed by atoms with van der Waals surface area (Å²) in [6.45, 7) is 7.63. The molecule has 0 atom stereocenters. The van der Waals surface area contributed by atoms with Crippen LogP contribution in [0.3, 0.4) is 0 Å². The Kier molecular flexibility index (Phi) is 9.02. The van der Waals surface area contributed by atoms with Gasteiger partial charge in [0.15, 0.2) is 0 Å². The molecule has 0 unspecified atom stereocenters. The van der Waals surface area contributed by atoms with Crippen molar-refractivity contribution >= 4 is 28.7 Å². The second-order valence-electron chi connectivity index (χ2n) is 4.44. The summed E-state index contributed by atoms with van der Waals surface area (Å²) in [7, 11) is 0. The Labute approximate surface area is 112 Å². The highest BCUT2D eigenvalue weighted by Crippen LogP contribution is 2.06. The van der Waals surface area contributed by atoms with Crippen LogP contribution in [0.2, 0.25) is 0 Å². The summed E-state index contributed by atoms with van der Waals surface area (Å²) < 4.78 is 11.6. The van der Waals surface area contributed by atoms with Gasteiger partial charge in [0.1, 0.15) is 5.60 Å². The highest BCUT2D eigenvalue weighted by Gasteiger charge is 2.15. The van der Waals surface area contributed by atoms with Crippen LogP contribution in [0.5, 0.6) is 0 Å². The molecule has 16 heavy (non-hydrogen) atoms. The molecule has 0 rings (SSSR count). The molecule has 0 aliphatic heterocycles. The molecule has 0 aromatic rings. The Morgan fingerprint density at radius 3 is 2.44 bits per heavy atom. The van der Waals surface area contributed by atoms with Crippen LogP contribution in [0.15, 0.2) is 0 Å². The molecular weight excluding hydrogens is 321 g/mol. The van der Waals surface area contributed by atoms with E-state index < -0.39 is 5.60 Å². The van der Waals surface area contributed by atoms with Crippen molar-refractivity contribution in [3.63, 3.8) is 0 Å². The Morgan fingerprint density at radius 2 is 1.88 bits per heavy atom. The molecule has 1 N–H and O–H groups in total. The lowest BCUT2D eigenvalue weighted by atomic mass is 10.2. The first-order valence-electron chi connectivity index (χ1n) is 5.56. The molecule has 0 bridgehead atoms. The van der Waals surface area contributed by atoms with Gasteiger partial charge in [-0.3, -0.25) is 0 Å². The van der Waals surface area contributed by atoms with Crippen molar-refractivity contribution in [2.45, 2.75) is 39.2 Å². The lowest BCUT2D eigenvalue weighted by Gasteiger charge is -2.19. The quantitative estimate of drug-likeness (QED) is 0.439. The minimum atomic E-state index is -0.430. The minimum Gasteiger partial charge on any atom is -0.444 e. The van der Waals surface area contributed by atoms with Crippen molar-refractivity contribution in [1.29, 1.82) is 0 Å². The van der Waals surface area contributed by atoms with Gasteiger partial charge in [-0.25, -0.2) is 4.79 Å². The van der Waals surface area contributed by atoms with Crippen LogP contribution in [0, 0.1) is 0 Å². The second-order valence-corrected chi connectivity index (χ2v) is 5.52. The average molecular weight is 343 g/mol. The van der Waals surface area contributed by atoms with E-state index in [0.29, 0.717) is 13.2 Å². The molecule has 0 aromatic carbocycles. The minimum absolute atomic E-state index is 0.361. The van der Waals surface area contributed by atoms with E-state index in [9.17, 15) is 4.79 Å². The Morgan fingerprint density at radius 1 is 1.25 bits per heavy atom. The zero-order valence-corrected chi connectivity index (χ0v) is 12.5. The zero-order valence-electron chi connectivity index (χ0n) is 10.3. The van der Waals surface area contributed by atoms with Gasteiger partial charge in [-0.2, -0.15) is 0 Å². The summed E-state index contributed by atoms with van der Waals surface area (Å²) in [5.41, 5.74) is -0.430. The van der Waals surface area contributed by atoms with Crippen LogP contribution in [0.25, 0.3) is 0 Å². The number of alkyl halides is 1. The number of ether oxygens (including phenoxy) is 2. The molecule has 0 heterocycles. The summed E-state index contributed by atoms with van der Waals surface area (Å²) in [4.78, 5) is 11.2. The van der Waals surface area contributed by atoms with E-state index >= 15 is 0 Å². The fraction of sp³-hybridized carbons (Fsp3) is 0.909. The molecule has 1 amide bonds. The summed E-state index contributed by atoms with van der Waals surface area (Å²) in [6, 6.07) is 0. The number of hydrogen-bond donors (Lipinski definition) is 1. The zero-order chi connectivity index (χ0) is 12.4. The largest absolute Gasteiger partial charge is 0.444 e. The van der Waals surface area contributed by atoms with Crippen LogP contribution in [-0.4, -0.2) is 35.9 Å². The SMILES string of the molecule is CC(C)(C)OC(=O)NCCCOCCCI. The first kappa shape index (κ1) is 16.0. The predicted molar refractivity (Wildman–Crippen MR) is 73.2 cm³/mol. The molecule has 0 aromatic heterocycles. The third-order valence-electron chi connectivity index (χ3n) is 1.56. The lowest BCUT2D eigenvalue weighted by molar-refractivity contribution is 0.0520. The standard InChI is InChI=1S/C11H22INO3/c1-11(2,3)16-10(14)13-7-5-9-15-8-4-6-12/h4-9H2,1-3H3,(H,13,14). The number of nitrogens with one attached hydrogen (secondary N) is 1. The van der Waals surface area contributed by atoms with E-state index in [2.05, 4.69) is 27.9 Å². The normalized spacial score (nSPS) is 11.2. The molecule has 0 fully saturated rings. The maximum atomic E-state index is 11.2. The van der Waals surface area contributed by atoms with E-state index in [1.54, 1.807) is 0 Å². The molecule has 0 saturated heterocycles. The van der Waals surface area contributed by atoms with E-state index in [0.717, 1.165) is 23.9 Å². The fourth-order valence-corrected chi connectivity index (χ4v) is 1.25. The van der Waals surface area contributed by atoms with Gasteiger partial charge in [0.25, 0.3) is 0 Å². The Balaban J connectivity index is 3.28. The summed E-state index contributed by atoms with van der Waals surface area (Å²) >= 11 is 2.32. The molecule has 0 aliphatic carbocycles. The maximum Gasteiger partial charge on any atom is 0.407 e. The molecular formula is C11H22INO3. The van der Waals surface area contributed by atoms with Crippen molar-refractivity contribution in [2.75, 3.05) is 24.2 Å². The van der Waals surface area contributed by atoms with E-state index in [1.165, 1.54) is 0 Å². The lowest BCUT2D eigenvalue weighted by Crippen LogP contribution is -2.33. The molecule has 0 radical (unpaired) electrons. The molecule has 96 valence electrons. The molecule has 5 heteroatoms. The number of amides is 1. The van der Waals surface area contributed by atoms with Gasteiger partial charge in [-0.15, -0.1) is 0 Å². The van der Waals surface area contributed by atoms with Crippen LogP contribution in [0.1, 0.15) is 33.6 Å². The highest BCUT2D eigenvalue weighted by atomic mass is 127. The van der Waals surface area contributed by atoms with E-state index in [4.69, 9.17) is 9.47 Å². The number of rotatable bonds is 7. The van der Waals surface area contributed by atoms with Crippen molar-refractivity contribution in [1.82, 2.24) is 5.32 Å². The summed E-state index contributed by atoms with van der Waals surface area (Å²) in [6.07, 6.45) is 1.54. The van der Waals surface area contributed by atoms with Gasteiger partial charge in [-0.1, -0.05) is 22.6 Å². The molecule has 0 spiro atoms. The average Bonchev–Trinajstić information content (AvgIpc) is 2.13. The first-order chi connectivity index (χ1) is 7.45. The predicted octanol–water partition coefficient (Wildman–Crippen LogP) is 2.74. The number of hydrogen-bond acceptors (Lipinski definition) is 3. The van der Waals surface area contributed by atoms with Gasteiger partial charge >= 0.3 is 6.09 Å². The first-order valence-corrected chi connectivity index (χ1v) is 7.09. The van der Waals surface area contributed by atoms with E-state index in [-0.39, 0.29) is 6.09 Å². The van der Waals surface area contributed by atoms with Gasteiger partial charge < -0.3 is 14.8 Å². The van der Waals surface area contributed by atoms with Crippen LogP contribution >= 0.6 is 22.6 Å². The number of carbonyl (C=O) groups is 1. The molecule has 0 saturated carbocycles. The van der Waals surface area contributed by atoms with Crippen LogP contribution in [-0.2, 0) is 9.47 Å². The number of carbonyl (C=O) groups excluding carboxylic acids is 1. The monoisotopic (exact) mass is 343 g/mol. The van der Waals surface area contributed by atoms with Crippen molar-refractivity contribution < 1.29 is 14.3 Å². The van der Waals surface area contributed by atoms with Gasteiger partial charge in [0.05, 0.1) is 0 Å². The third-order valence-corrected chi connectivity index (χ3v) is 2.32. The summed E-state index contributed by atoms with van der Waals surface area (Å²) in [5.74, 6) is 0. The molecule has 0 aliphatic rings. The second kappa shape index (κ2) is 9.04. The van der Waals surface area contributed by atoms with E-state index in [1.807, 2.05) is 20.8 Å². The van der Waals surface area contributed by atoms with Gasteiger partial charge in [0.2, 0.25) is 0 Å². The number of halogens is 1. The van der Waals surface area contributed by atoms with Crippen molar-refractivity contribution in [3.8, 4) is 0 Å². The maximum absolute atomic E-state index is 11.2. The smallest absolute Gasteiger partial charge is 0.407 e. The Hall–Kier alpha value is -0.0400. The topological polar surface area (TPSA) is 47.6 Å². The number of alkyl carbamates (subject to hydrolysis) is 1. The van der Waals surface area contributed by atoms with Crippen molar-refractivity contribution in [3.05, 3.63) is 0 Å².